The number of aliphatic imine (C=N–C) groups is 1. The minimum absolute atomic E-state index is 0.369. The Bertz CT molecular complexity index is 740. The van der Waals surface area contributed by atoms with Crippen LogP contribution < -0.4 is 10.6 Å². The van der Waals surface area contributed by atoms with Crippen LogP contribution in [0.4, 0.5) is 5.69 Å². The maximum absolute atomic E-state index is 11.6. The highest BCUT2D eigenvalue weighted by Gasteiger charge is 2.40. The summed E-state index contributed by atoms with van der Waals surface area (Å²) in [6.45, 7) is 0.444. The second kappa shape index (κ2) is 5.38. The Hall–Kier alpha value is -2.34. The molecule has 7 heteroatoms. The van der Waals surface area contributed by atoms with E-state index < -0.39 is 5.54 Å². The maximum atomic E-state index is 11.6. The van der Waals surface area contributed by atoms with Crippen LogP contribution in [0.25, 0.3) is 0 Å². The second-order valence-corrected chi connectivity index (χ2v) is 6.43. The summed E-state index contributed by atoms with van der Waals surface area (Å²) in [5.74, 6) is 1.47. The third-order valence-corrected chi connectivity index (χ3v) is 4.15. The van der Waals surface area contributed by atoms with Gasteiger partial charge in [-0.05, 0) is 31.0 Å². The summed E-state index contributed by atoms with van der Waals surface area (Å²) in [6.07, 6.45) is 6.62. The number of amidine groups is 1. The summed E-state index contributed by atoms with van der Waals surface area (Å²) in [4.78, 5) is 16.3. The Labute approximate surface area is 138 Å². The number of carbonyl (C=O) groups is 1. The lowest BCUT2D eigenvalue weighted by molar-refractivity contribution is -0.110. The van der Waals surface area contributed by atoms with Crippen molar-refractivity contribution in [1.29, 1.82) is 0 Å². The van der Waals surface area contributed by atoms with E-state index in [1.807, 2.05) is 30.3 Å². The molecule has 1 saturated carbocycles. The standard InChI is InChI=1S/C16H16ClN5O/c17-11-2-1-3-13(6-11)19-14-7-15(20-12-4-5-12)22-9-16(10-23,21-14)8-18-22/h1-3,6-8,10,12,19,21H,4-5,9H2. The van der Waals surface area contributed by atoms with Gasteiger partial charge in [-0.25, -0.2) is 5.01 Å². The number of halogens is 1. The van der Waals surface area contributed by atoms with Gasteiger partial charge in [-0.15, -0.1) is 0 Å². The van der Waals surface area contributed by atoms with Crippen molar-refractivity contribution < 1.29 is 4.79 Å². The Morgan fingerprint density at radius 3 is 3.09 bits per heavy atom. The number of hydrogen-bond acceptors (Lipinski definition) is 5. The monoisotopic (exact) mass is 329 g/mol. The Morgan fingerprint density at radius 2 is 2.35 bits per heavy atom. The summed E-state index contributed by atoms with van der Waals surface area (Å²) in [6, 6.07) is 7.79. The van der Waals surface area contributed by atoms with Crippen LogP contribution >= 0.6 is 11.6 Å². The summed E-state index contributed by atoms with van der Waals surface area (Å²) in [5.41, 5.74) is 0.00545. The molecule has 1 aromatic rings. The van der Waals surface area contributed by atoms with E-state index in [2.05, 4.69) is 15.7 Å². The van der Waals surface area contributed by atoms with E-state index in [9.17, 15) is 4.79 Å². The van der Waals surface area contributed by atoms with Gasteiger partial charge < -0.3 is 15.4 Å². The lowest BCUT2D eigenvalue weighted by atomic mass is 10.1. The predicted octanol–water partition coefficient (Wildman–Crippen LogP) is 2.00. The van der Waals surface area contributed by atoms with E-state index in [-0.39, 0.29) is 0 Å². The van der Waals surface area contributed by atoms with Gasteiger partial charge in [0.1, 0.15) is 11.7 Å². The van der Waals surface area contributed by atoms with Crippen molar-refractivity contribution in [1.82, 2.24) is 10.3 Å². The van der Waals surface area contributed by atoms with Crippen LogP contribution in [-0.4, -0.2) is 41.5 Å². The van der Waals surface area contributed by atoms with Crippen LogP contribution in [0.3, 0.4) is 0 Å². The zero-order chi connectivity index (χ0) is 15.9. The lowest BCUT2D eigenvalue weighted by Crippen LogP contribution is -2.51. The van der Waals surface area contributed by atoms with Gasteiger partial charge in [0.15, 0.2) is 11.8 Å². The highest BCUT2D eigenvalue weighted by molar-refractivity contribution is 6.30. The Morgan fingerprint density at radius 1 is 1.48 bits per heavy atom. The third kappa shape index (κ3) is 2.94. The number of benzene rings is 1. The molecule has 2 aliphatic heterocycles. The van der Waals surface area contributed by atoms with Gasteiger partial charge in [-0.3, -0.25) is 4.99 Å². The fraction of sp³-hybridized carbons (Fsp3) is 0.312. The largest absolute Gasteiger partial charge is 0.353 e. The van der Waals surface area contributed by atoms with Crippen LogP contribution in [-0.2, 0) is 4.79 Å². The molecule has 3 aliphatic rings. The molecule has 0 amide bonds. The van der Waals surface area contributed by atoms with Crippen molar-refractivity contribution in [2.45, 2.75) is 24.4 Å². The minimum atomic E-state index is -0.835. The molecular formula is C16H16ClN5O. The first-order chi connectivity index (χ1) is 11.2. The molecule has 118 valence electrons. The highest BCUT2D eigenvalue weighted by Crippen LogP contribution is 2.27. The first-order valence-electron chi connectivity index (χ1n) is 7.55. The molecule has 0 aromatic heterocycles. The molecule has 6 nitrogen and oxygen atoms in total. The fourth-order valence-electron chi connectivity index (χ4n) is 2.59. The zero-order valence-electron chi connectivity index (χ0n) is 12.4. The van der Waals surface area contributed by atoms with Gasteiger partial charge in [0.25, 0.3) is 0 Å². The van der Waals surface area contributed by atoms with E-state index in [0.717, 1.165) is 30.7 Å². The molecule has 2 N–H and O–H groups in total. The third-order valence-electron chi connectivity index (χ3n) is 3.92. The number of hydrazone groups is 1. The highest BCUT2D eigenvalue weighted by atomic mass is 35.5. The predicted molar refractivity (Wildman–Crippen MR) is 90.7 cm³/mol. The molecule has 0 spiro atoms. The summed E-state index contributed by atoms with van der Waals surface area (Å²) in [7, 11) is 0. The molecular weight excluding hydrogens is 314 g/mol. The number of aldehydes is 1. The van der Waals surface area contributed by atoms with Crippen LogP contribution in [0.2, 0.25) is 5.02 Å². The van der Waals surface area contributed by atoms with E-state index in [0.29, 0.717) is 23.4 Å². The van der Waals surface area contributed by atoms with Crippen molar-refractivity contribution in [2.24, 2.45) is 10.1 Å². The van der Waals surface area contributed by atoms with Gasteiger partial charge in [0.2, 0.25) is 0 Å². The fourth-order valence-corrected chi connectivity index (χ4v) is 2.78. The zero-order valence-corrected chi connectivity index (χ0v) is 13.1. The number of hydrogen-bond donors (Lipinski definition) is 2. The van der Waals surface area contributed by atoms with E-state index in [1.165, 1.54) is 0 Å². The minimum Gasteiger partial charge on any atom is -0.353 e. The van der Waals surface area contributed by atoms with E-state index >= 15 is 0 Å². The average Bonchev–Trinajstić information content (AvgIpc) is 3.26. The van der Waals surface area contributed by atoms with E-state index in [4.69, 9.17) is 16.6 Å². The first-order valence-corrected chi connectivity index (χ1v) is 7.93. The number of rotatable bonds is 4. The Balaban J connectivity index is 1.67. The number of nitrogens with one attached hydrogen (secondary N) is 2. The topological polar surface area (TPSA) is 69.1 Å². The number of fused-ring (bicyclic) bond motifs is 2. The average molecular weight is 330 g/mol. The quantitative estimate of drug-likeness (QED) is 0.829. The molecule has 23 heavy (non-hydrogen) atoms. The van der Waals surface area contributed by atoms with Crippen LogP contribution in [0.5, 0.6) is 0 Å². The molecule has 2 heterocycles. The molecule has 0 saturated heterocycles. The van der Waals surface area contributed by atoms with Crippen LogP contribution in [0.1, 0.15) is 12.8 Å². The van der Waals surface area contributed by atoms with Crippen LogP contribution in [0.15, 0.2) is 46.3 Å². The summed E-state index contributed by atoms with van der Waals surface area (Å²) >= 11 is 6.03. The van der Waals surface area contributed by atoms with Crippen molar-refractivity contribution in [3.8, 4) is 0 Å². The summed E-state index contributed by atoms with van der Waals surface area (Å²) in [5, 5.41) is 13.2. The number of carbonyl (C=O) groups excluding carboxylic acids is 1. The number of nitrogens with zero attached hydrogens (tertiary/aromatic N) is 3. The molecule has 0 radical (unpaired) electrons. The maximum Gasteiger partial charge on any atom is 0.152 e. The van der Waals surface area contributed by atoms with Gasteiger partial charge in [-0.2, -0.15) is 5.10 Å². The van der Waals surface area contributed by atoms with Crippen molar-refractivity contribution in [3.05, 3.63) is 41.2 Å². The van der Waals surface area contributed by atoms with Crippen molar-refractivity contribution >= 4 is 35.6 Å². The Kier molecular flexibility index (Phi) is 3.34. The van der Waals surface area contributed by atoms with Crippen LogP contribution in [0, 0.1) is 0 Å². The summed E-state index contributed by atoms with van der Waals surface area (Å²) < 4.78 is 0. The molecule has 1 aromatic carbocycles. The molecule has 4 rings (SSSR count). The first kappa shape index (κ1) is 14.3. The van der Waals surface area contributed by atoms with Gasteiger partial charge in [-0.1, -0.05) is 17.7 Å². The molecule has 1 aliphatic carbocycles. The molecule has 2 bridgehead atoms. The lowest BCUT2D eigenvalue weighted by Gasteiger charge is -2.23. The SMILES string of the molecule is O=CC12C=NN(C1)C(=NC1CC1)C=C(Nc1cccc(Cl)c1)N2. The van der Waals surface area contributed by atoms with Gasteiger partial charge >= 0.3 is 0 Å². The van der Waals surface area contributed by atoms with Gasteiger partial charge in [0, 0.05) is 16.8 Å². The van der Waals surface area contributed by atoms with Crippen molar-refractivity contribution in [3.63, 3.8) is 0 Å². The molecule has 1 atom stereocenters. The molecule has 1 fully saturated rings. The van der Waals surface area contributed by atoms with Crippen molar-refractivity contribution in [2.75, 3.05) is 11.9 Å². The second-order valence-electron chi connectivity index (χ2n) is 6.00. The number of anilines is 1. The normalized spacial score (nSPS) is 27.4. The van der Waals surface area contributed by atoms with Gasteiger partial charge in [0.05, 0.1) is 18.8 Å². The molecule has 1 unspecified atom stereocenters. The smallest absolute Gasteiger partial charge is 0.152 e. The van der Waals surface area contributed by atoms with E-state index in [1.54, 1.807) is 11.2 Å².